The first kappa shape index (κ1) is 12.1. The van der Waals surface area contributed by atoms with Crippen molar-refractivity contribution in [1.82, 2.24) is 15.3 Å². The summed E-state index contributed by atoms with van der Waals surface area (Å²) in [5.41, 5.74) is 1.13. The highest BCUT2D eigenvalue weighted by molar-refractivity contribution is 5.09. The fourth-order valence-electron chi connectivity index (χ4n) is 1.87. The summed E-state index contributed by atoms with van der Waals surface area (Å²) < 4.78 is 0. The normalized spacial score (nSPS) is 14.9. The standard InChI is InChI=1S/C12H21N3/c1-5-11(13-6-2)9(3)12-7-8-14-10(4)15-12/h7-9,11,13H,5-6H2,1-4H3. The van der Waals surface area contributed by atoms with Crippen LogP contribution in [-0.2, 0) is 0 Å². The van der Waals surface area contributed by atoms with Gasteiger partial charge < -0.3 is 5.32 Å². The van der Waals surface area contributed by atoms with Gasteiger partial charge >= 0.3 is 0 Å². The van der Waals surface area contributed by atoms with Gasteiger partial charge in [-0.15, -0.1) is 0 Å². The van der Waals surface area contributed by atoms with E-state index < -0.39 is 0 Å². The molecule has 0 saturated carbocycles. The number of hydrogen-bond acceptors (Lipinski definition) is 3. The van der Waals surface area contributed by atoms with E-state index in [2.05, 4.69) is 36.1 Å². The monoisotopic (exact) mass is 207 g/mol. The number of nitrogens with one attached hydrogen (secondary N) is 1. The van der Waals surface area contributed by atoms with Gasteiger partial charge in [-0.25, -0.2) is 9.97 Å². The van der Waals surface area contributed by atoms with Crippen LogP contribution in [0.25, 0.3) is 0 Å². The van der Waals surface area contributed by atoms with E-state index in [-0.39, 0.29) is 0 Å². The van der Waals surface area contributed by atoms with Gasteiger partial charge in [0.15, 0.2) is 0 Å². The van der Waals surface area contributed by atoms with Crippen LogP contribution in [0.15, 0.2) is 12.3 Å². The molecule has 0 fully saturated rings. The SMILES string of the molecule is CCNC(CC)C(C)c1ccnc(C)n1. The number of aromatic nitrogens is 2. The van der Waals surface area contributed by atoms with Crippen molar-refractivity contribution < 1.29 is 0 Å². The molecule has 1 aromatic heterocycles. The molecule has 2 unspecified atom stereocenters. The molecule has 0 aliphatic rings. The van der Waals surface area contributed by atoms with E-state index in [1.54, 1.807) is 0 Å². The van der Waals surface area contributed by atoms with E-state index in [0.29, 0.717) is 12.0 Å². The topological polar surface area (TPSA) is 37.8 Å². The van der Waals surface area contributed by atoms with E-state index in [9.17, 15) is 0 Å². The van der Waals surface area contributed by atoms with Crippen LogP contribution in [0.4, 0.5) is 0 Å². The summed E-state index contributed by atoms with van der Waals surface area (Å²) in [6.45, 7) is 9.51. The molecule has 84 valence electrons. The second-order valence-corrected chi connectivity index (χ2v) is 3.89. The van der Waals surface area contributed by atoms with Crippen molar-refractivity contribution in [3.05, 3.63) is 23.8 Å². The van der Waals surface area contributed by atoms with Crippen LogP contribution in [0.3, 0.4) is 0 Å². The smallest absolute Gasteiger partial charge is 0.125 e. The van der Waals surface area contributed by atoms with Crippen LogP contribution in [0.5, 0.6) is 0 Å². The Morgan fingerprint density at radius 1 is 1.40 bits per heavy atom. The van der Waals surface area contributed by atoms with Crippen LogP contribution in [0, 0.1) is 6.92 Å². The van der Waals surface area contributed by atoms with Crippen molar-refractivity contribution in [1.29, 1.82) is 0 Å². The van der Waals surface area contributed by atoms with Gasteiger partial charge in [-0.1, -0.05) is 20.8 Å². The molecule has 0 aliphatic heterocycles. The lowest BCUT2D eigenvalue weighted by atomic mass is 9.96. The zero-order valence-corrected chi connectivity index (χ0v) is 10.1. The maximum Gasteiger partial charge on any atom is 0.125 e. The first-order chi connectivity index (χ1) is 7.19. The van der Waals surface area contributed by atoms with Crippen LogP contribution in [-0.4, -0.2) is 22.6 Å². The molecular formula is C12H21N3. The minimum absolute atomic E-state index is 0.441. The predicted octanol–water partition coefficient (Wildman–Crippen LogP) is 2.28. The lowest BCUT2D eigenvalue weighted by Crippen LogP contribution is -2.33. The Kier molecular flexibility index (Phi) is 4.69. The summed E-state index contributed by atoms with van der Waals surface area (Å²) in [5, 5.41) is 3.49. The summed E-state index contributed by atoms with van der Waals surface area (Å²) in [6.07, 6.45) is 2.96. The highest BCUT2D eigenvalue weighted by atomic mass is 14.9. The van der Waals surface area contributed by atoms with Crippen molar-refractivity contribution in [2.45, 2.75) is 46.1 Å². The molecule has 0 spiro atoms. The maximum atomic E-state index is 4.47. The Balaban J connectivity index is 2.77. The van der Waals surface area contributed by atoms with E-state index in [4.69, 9.17) is 0 Å². The Morgan fingerprint density at radius 2 is 2.13 bits per heavy atom. The molecule has 0 radical (unpaired) electrons. The van der Waals surface area contributed by atoms with Gasteiger partial charge in [-0.05, 0) is 26.0 Å². The van der Waals surface area contributed by atoms with Gasteiger partial charge in [0.2, 0.25) is 0 Å². The molecule has 0 bridgehead atoms. The van der Waals surface area contributed by atoms with E-state index in [1.807, 2.05) is 19.2 Å². The molecule has 0 aromatic carbocycles. The lowest BCUT2D eigenvalue weighted by molar-refractivity contribution is 0.442. The summed E-state index contributed by atoms with van der Waals surface area (Å²) in [6, 6.07) is 2.52. The van der Waals surface area contributed by atoms with Crippen molar-refractivity contribution in [3.63, 3.8) is 0 Å². The summed E-state index contributed by atoms with van der Waals surface area (Å²) in [4.78, 5) is 8.59. The summed E-state index contributed by atoms with van der Waals surface area (Å²) >= 11 is 0. The summed E-state index contributed by atoms with van der Waals surface area (Å²) in [7, 11) is 0. The fraction of sp³-hybridized carbons (Fsp3) is 0.667. The van der Waals surface area contributed by atoms with Crippen molar-refractivity contribution in [3.8, 4) is 0 Å². The molecule has 1 heterocycles. The first-order valence-corrected chi connectivity index (χ1v) is 5.72. The molecular weight excluding hydrogens is 186 g/mol. The molecule has 1 N–H and O–H groups in total. The molecule has 2 atom stereocenters. The average molecular weight is 207 g/mol. The van der Waals surface area contributed by atoms with E-state index in [1.165, 1.54) is 0 Å². The fourth-order valence-corrected chi connectivity index (χ4v) is 1.87. The van der Waals surface area contributed by atoms with E-state index >= 15 is 0 Å². The third kappa shape index (κ3) is 3.27. The van der Waals surface area contributed by atoms with Crippen molar-refractivity contribution in [2.75, 3.05) is 6.54 Å². The highest BCUT2D eigenvalue weighted by Crippen LogP contribution is 2.18. The molecule has 3 heteroatoms. The minimum Gasteiger partial charge on any atom is -0.314 e. The van der Waals surface area contributed by atoms with Gasteiger partial charge in [0.05, 0.1) is 0 Å². The Labute approximate surface area is 92.3 Å². The van der Waals surface area contributed by atoms with Crippen LogP contribution >= 0.6 is 0 Å². The zero-order chi connectivity index (χ0) is 11.3. The van der Waals surface area contributed by atoms with E-state index in [0.717, 1.165) is 24.5 Å². The molecule has 0 saturated heterocycles. The lowest BCUT2D eigenvalue weighted by Gasteiger charge is -2.23. The van der Waals surface area contributed by atoms with Crippen molar-refractivity contribution in [2.24, 2.45) is 0 Å². The quantitative estimate of drug-likeness (QED) is 0.805. The average Bonchev–Trinajstić information content (AvgIpc) is 2.25. The Morgan fingerprint density at radius 3 is 2.67 bits per heavy atom. The molecule has 1 aromatic rings. The minimum atomic E-state index is 0.441. The molecule has 0 amide bonds. The van der Waals surface area contributed by atoms with Gasteiger partial charge in [-0.2, -0.15) is 0 Å². The predicted molar refractivity (Wildman–Crippen MR) is 62.9 cm³/mol. The third-order valence-corrected chi connectivity index (χ3v) is 2.77. The number of aryl methyl sites for hydroxylation is 1. The summed E-state index contributed by atoms with van der Waals surface area (Å²) in [5.74, 6) is 1.29. The number of rotatable bonds is 5. The van der Waals surface area contributed by atoms with Crippen LogP contribution in [0.2, 0.25) is 0 Å². The molecule has 15 heavy (non-hydrogen) atoms. The third-order valence-electron chi connectivity index (χ3n) is 2.77. The number of likely N-dealkylation sites (N-methyl/N-ethyl adjacent to an activating group) is 1. The number of hydrogen-bond donors (Lipinski definition) is 1. The van der Waals surface area contributed by atoms with Gasteiger partial charge in [0, 0.05) is 23.9 Å². The second kappa shape index (κ2) is 5.81. The first-order valence-electron chi connectivity index (χ1n) is 5.72. The number of nitrogens with zero attached hydrogens (tertiary/aromatic N) is 2. The van der Waals surface area contributed by atoms with Gasteiger partial charge in [0.1, 0.15) is 5.82 Å². The zero-order valence-electron chi connectivity index (χ0n) is 10.1. The molecule has 1 rings (SSSR count). The second-order valence-electron chi connectivity index (χ2n) is 3.89. The van der Waals surface area contributed by atoms with Gasteiger partial charge in [-0.3, -0.25) is 0 Å². The molecule has 3 nitrogen and oxygen atoms in total. The molecule has 0 aliphatic carbocycles. The van der Waals surface area contributed by atoms with Crippen molar-refractivity contribution >= 4 is 0 Å². The van der Waals surface area contributed by atoms with Crippen LogP contribution < -0.4 is 5.32 Å². The van der Waals surface area contributed by atoms with Gasteiger partial charge in [0.25, 0.3) is 0 Å². The largest absolute Gasteiger partial charge is 0.314 e. The highest BCUT2D eigenvalue weighted by Gasteiger charge is 2.17. The Bertz CT molecular complexity index is 299. The Hall–Kier alpha value is -0.960. The maximum absolute atomic E-state index is 4.47. The van der Waals surface area contributed by atoms with Crippen LogP contribution in [0.1, 0.15) is 44.6 Å².